The van der Waals surface area contributed by atoms with Gasteiger partial charge in [0.2, 0.25) is 0 Å². The van der Waals surface area contributed by atoms with Crippen molar-refractivity contribution in [2.24, 2.45) is 0 Å². The van der Waals surface area contributed by atoms with Crippen molar-refractivity contribution in [2.75, 3.05) is 17.7 Å². The third kappa shape index (κ3) is 3.45. The van der Waals surface area contributed by atoms with Crippen LogP contribution in [0.25, 0.3) is 0 Å². The molecule has 0 fully saturated rings. The van der Waals surface area contributed by atoms with E-state index >= 15 is 0 Å². The Bertz CT molecular complexity index is 634. The van der Waals surface area contributed by atoms with Gasteiger partial charge in [0.1, 0.15) is 11.6 Å². The highest BCUT2D eigenvalue weighted by Crippen LogP contribution is 2.22. The molecule has 2 N–H and O–H groups in total. The van der Waals surface area contributed by atoms with Gasteiger partial charge in [-0.15, -0.1) is 0 Å². The highest BCUT2D eigenvalue weighted by Gasteiger charge is 2.10. The van der Waals surface area contributed by atoms with E-state index < -0.39 is 4.92 Å². The second kappa shape index (κ2) is 6.33. The van der Waals surface area contributed by atoms with Crippen LogP contribution in [-0.4, -0.2) is 17.0 Å². The minimum Gasteiger partial charge on any atom is -0.373 e. The lowest BCUT2D eigenvalue weighted by molar-refractivity contribution is -0.384. The SMILES string of the molecule is CNc1cc([N+](=O)[O-])cc(NCc2ccccc2Br)n1. The quantitative estimate of drug-likeness (QED) is 0.646. The summed E-state index contributed by atoms with van der Waals surface area (Å²) >= 11 is 3.45. The molecular weight excluding hydrogens is 324 g/mol. The number of hydrogen-bond donors (Lipinski definition) is 2. The summed E-state index contributed by atoms with van der Waals surface area (Å²) in [5.41, 5.74) is 1.05. The first-order valence-corrected chi connectivity index (χ1v) is 6.71. The molecule has 0 spiro atoms. The average molecular weight is 337 g/mol. The van der Waals surface area contributed by atoms with Crippen LogP contribution >= 0.6 is 15.9 Å². The largest absolute Gasteiger partial charge is 0.373 e. The normalized spacial score (nSPS) is 10.1. The fourth-order valence-electron chi connectivity index (χ4n) is 1.67. The molecule has 1 aromatic heterocycles. The Labute approximate surface area is 124 Å². The van der Waals surface area contributed by atoms with Gasteiger partial charge in [0, 0.05) is 18.1 Å². The first-order valence-electron chi connectivity index (χ1n) is 5.91. The van der Waals surface area contributed by atoms with Crippen molar-refractivity contribution in [3.05, 3.63) is 56.5 Å². The Balaban J connectivity index is 2.19. The average Bonchev–Trinajstić information content (AvgIpc) is 2.46. The Kier molecular flexibility index (Phi) is 4.52. The third-order valence-corrected chi connectivity index (χ3v) is 3.47. The van der Waals surface area contributed by atoms with Crippen LogP contribution in [0.2, 0.25) is 0 Å². The standard InChI is InChI=1S/C13H13BrN4O2/c1-15-12-6-10(18(19)20)7-13(17-12)16-8-9-4-2-3-5-11(9)14/h2-7H,8H2,1H3,(H2,15,16,17). The lowest BCUT2D eigenvalue weighted by atomic mass is 10.2. The summed E-state index contributed by atoms with van der Waals surface area (Å²) in [6.45, 7) is 0.527. The molecule has 0 aliphatic carbocycles. The molecular formula is C13H13BrN4O2. The van der Waals surface area contributed by atoms with Gasteiger partial charge < -0.3 is 10.6 Å². The Hall–Kier alpha value is -2.15. The van der Waals surface area contributed by atoms with Crippen LogP contribution in [0, 0.1) is 10.1 Å². The second-order valence-electron chi connectivity index (χ2n) is 4.05. The molecule has 1 heterocycles. The highest BCUT2D eigenvalue weighted by molar-refractivity contribution is 9.10. The molecule has 104 valence electrons. The van der Waals surface area contributed by atoms with Crippen LogP contribution < -0.4 is 10.6 Å². The van der Waals surface area contributed by atoms with E-state index in [0.29, 0.717) is 18.2 Å². The van der Waals surface area contributed by atoms with Gasteiger partial charge in [-0.1, -0.05) is 34.1 Å². The van der Waals surface area contributed by atoms with E-state index in [9.17, 15) is 10.1 Å². The molecule has 0 aliphatic heterocycles. The first kappa shape index (κ1) is 14.3. The lowest BCUT2D eigenvalue weighted by Gasteiger charge is -2.09. The number of rotatable bonds is 5. The number of hydrogen-bond acceptors (Lipinski definition) is 5. The van der Waals surface area contributed by atoms with Crippen molar-refractivity contribution >= 4 is 33.3 Å². The molecule has 0 saturated heterocycles. The van der Waals surface area contributed by atoms with Crippen LogP contribution in [0.5, 0.6) is 0 Å². The van der Waals surface area contributed by atoms with Gasteiger partial charge in [-0.2, -0.15) is 0 Å². The molecule has 0 saturated carbocycles. The summed E-state index contributed by atoms with van der Waals surface area (Å²) in [4.78, 5) is 14.7. The van der Waals surface area contributed by atoms with Crippen LogP contribution in [0.15, 0.2) is 40.9 Å². The van der Waals surface area contributed by atoms with E-state index in [1.54, 1.807) is 7.05 Å². The number of nitro groups is 1. The van der Waals surface area contributed by atoms with Gasteiger partial charge >= 0.3 is 0 Å². The Morgan fingerprint density at radius 3 is 2.65 bits per heavy atom. The van der Waals surface area contributed by atoms with Gasteiger partial charge in [0.05, 0.1) is 17.1 Å². The summed E-state index contributed by atoms with van der Waals surface area (Å²) in [5, 5.41) is 16.8. The van der Waals surface area contributed by atoms with Gasteiger partial charge in [0.25, 0.3) is 5.69 Å². The molecule has 7 heteroatoms. The zero-order chi connectivity index (χ0) is 14.5. The van der Waals surface area contributed by atoms with E-state index in [-0.39, 0.29) is 5.69 Å². The molecule has 20 heavy (non-hydrogen) atoms. The summed E-state index contributed by atoms with van der Waals surface area (Å²) < 4.78 is 0.978. The van der Waals surface area contributed by atoms with Crippen molar-refractivity contribution in [1.29, 1.82) is 0 Å². The minimum atomic E-state index is -0.438. The van der Waals surface area contributed by atoms with Crippen molar-refractivity contribution in [3.8, 4) is 0 Å². The van der Waals surface area contributed by atoms with E-state index in [4.69, 9.17) is 0 Å². The smallest absolute Gasteiger partial charge is 0.276 e. The van der Waals surface area contributed by atoms with Crippen LogP contribution in [0.4, 0.5) is 17.3 Å². The van der Waals surface area contributed by atoms with Gasteiger partial charge in [-0.25, -0.2) is 4.98 Å². The van der Waals surface area contributed by atoms with E-state index in [0.717, 1.165) is 10.0 Å². The molecule has 0 atom stereocenters. The predicted molar refractivity (Wildman–Crippen MR) is 81.9 cm³/mol. The Morgan fingerprint density at radius 1 is 1.30 bits per heavy atom. The number of anilines is 2. The van der Waals surface area contributed by atoms with Crippen molar-refractivity contribution in [1.82, 2.24) is 4.98 Å². The maximum absolute atomic E-state index is 10.9. The van der Waals surface area contributed by atoms with Crippen LogP contribution in [-0.2, 0) is 6.54 Å². The van der Waals surface area contributed by atoms with Gasteiger partial charge in [-0.05, 0) is 11.6 Å². The number of pyridine rings is 1. The maximum atomic E-state index is 10.9. The van der Waals surface area contributed by atoms with Crippen molar-refractivity contribution < 1.29 is 4.92 Å². The summed E-state index contributed by atoms with van der Waals surface area (Å²) in [6, 6.07) is 10.6. The third-order valence-electron chi connectivity index (χ3n) is 2.69. The van der Waals surface area contributed by atoms with E-state index in [1.165, 1.54) is 12.1 Å². The molecule has 1 aromatic carbocycles. The topological polar surface area (TPSA) is 80.1 Å². The number of nitrogens with one attached hydrogen (secondary N) is 2. The van der Waals surface area contributed by atoms with Crippen molar-refractivity contribution in [3.63, 3.8) is 0 Å². The number of nitrogens with zero attached hydrogens (tertiary/aromatic N) is 2. The second-order valence-corrected chi connectivity index (χ2v) is 4.90. The molecule has 0 unspecified atom stereocenters. The molecule has 2 rings (SSSR count). The van der Waals surface area contributed by atoms with Crippen molar-refractivity contribution in [2.45, 2.75) is 6.54 Å². The van der Waals surface area contributed by atoms with Gasteiger partial charge in [-0.3, -0.25) is 10.1 Å². The molecule has 6 nitrogen and oxygen atoms in total. The molecule has 0 radical (unpaired) electrons. The van der Waals surface area contributed by atoms with Crippen LogP contribution in [0.3, 0.4) is 0 Å². The Morgan fingerprint density at radius 2 is 2.00 bits per heavy atom. The molecule has 0 bridgehead atoms. The summed E-state index contributed by atoms with van der Waals surface area (Å²) in [6.07, 6.45) is 0. The van der Waals surface area contributed by atoms with E-state index in [2.05, 4.69) is 31.5 Å². The predicted octanol–water partition coefficient (Wildman–Crippen LogP) is 3.41. The molecule has 0 aliphatic rings. The lowest BCUT2D eigenvalue weighted by Crippen LogP contribution is -2.04. The summed E-state index contributed by atoms with van der Waals surface area (Å²) in [5.74, 6) is 0.910. The monoisotopic (exact) mass is 336 g/mol. The molecule has 0 amide bonds. The fraction of sp³-hybridized carbons (Fsp3) is 0.154. The zero-order valence-electron chi connectivity index (χ0n) is 10.8. The first-order chi connectivity index (χ1) is 9.60. The minimum absolute atomic E-state index is 0.000947. The van der Waals surface area contributed by atoms with Gasteiger partial charge in [0.15, 0.2) is 0 Å². The van der Waals surface area contributed by atoms with E-state index in [1.807, 2.05) is 24.3 Å². The number of benzene rings is 1. The highest BCUT2D eigenvalue weighted by atomic mass is 79.9. The number of aromatic nitrogens is 1. The zero-order valence-corrected chi connectivity index (χ0v) is 12.3. The fourth-order valence-corrected chi connectivity index (χ4v) is 2.09. The summed E-state index contributed by atoms with van der Waals surface area (Å²) in [7, 11) is 1.67. The molecule has 2 aromatic rings. The van der Waals surface area contributed by atoms with Crippen LogP contribution in [0.1, 0.15) is 5.56 Å². The maximum Gasteiger partial charge on any atom is 0.276 e. The number of halogens is 1.